The first-order chi connectivity index (χ1) is 10.4. The van der Waals surface area contributed by atoms with E-state index in [0.29, 0.717) is 6.61 Å². The van der Waals surface area contributed by atoms with E-state index in [2.05, 4.69) is 57.1 Å². The lowest BCUT2D eigenvalue weighted by molar-refractivity contribution is 0.116. The summed E-state index contributed by atoms with van der Waals surface area (Å²) < 4.78 is 11.6. The van der Waals surface area contributed by atoms with Gasteiger partial charge >= 0.3 is 0 Å². The molecule has 0 bridgehead atoms. The minimum atomic E-state index is -1.49. The molecule has 0 radical (unpaired) electrons. The summed E-state index contributed by atoms with van der Waals surface area (Å²) in [5.74, 6) is 0.927. The number of unbranched alkanes of at least 4 members (excludes halogenated alkanes) is 1. The van der Waals surface area contributed by atoms with E-state index >= 15 is 0 Å². The summed E-state index contributed by atoms with van der Waals surface area (Å²) in [6.45, 7) is 15.8. The largest absolute Gasteiger partial charge is 0.548 e. The summed E-state index contributed by atoms with van der Waals surface area (Å²) in [4.78, 5) is 0. The van der Waals surface area contributed by atoms with Crippen molar-refractivity contribution in [3.05, 3.63) is 60.4 Å². The zero-order valence-electron chi connectivity index (χ0n) is 14.4. The quantitative estimate of drug-likeness (QED) is 0.233. The second kappa shape index (κ2) is 9.64. The molecule has 0 heterocycles. The molecule has 1 aromatic rings. The maximum atomic E-state index is 5.85. The molecule has 0 saturated carbocycles. The van der Waals surface area contributed by atoms with E-state index in [0.717, 1.165) is 38.0 Å². The Balaban J connectivity index is 2.14. The molecule has 0 aromatic heterocycles. The monoisotopic (exact) mass is 318 g/mol. The average molecular weight is 319 g/mol. The number of allylic oxidation sites excluding steroid dienone is 2. The molecule has 1 aromatic carbocycles. The fraction of sp³-hybridized carbons (Fsp3) is 0.474. The van der Waals surface area contributed by atoms with Gasteiger partial charge in [-0.15, -0.1) is 6.58 Å². The highest BCUT2D eigenvalue weighted by Gasteiger charge is 2.16. The fourth-order valence-electron chi connectivity index (χ4n) is 2.21. The molecule has 0 fully saturated rings. The third-order valence-corrected chi connectivity index (χ3v) is 3.99. The topological polar surface area (TPSA) is 18.5 Å². The third-order valence-electron chi connectivity index (χ3n) is 3.08. The summed E-state index contributed by atoms with van der Waals surface area (Å²) in [6.07, 6.45) is 5.88. The molecule has 2 nitrogen and oxygen atoms in total. The normalized spacial score (nSPS) is 11.2. The van der Waals surface area contributed by atoms with Gasteiger partial charge < -0.3 is 9.16 Å². The van der Waals surface area contributed by atoms with Crippen molar-refractivity contribution in [2.75, 3.05) is 6.61 Å². The van der Waals surface area contributed by atoms with Gasteiger partial charge in [0.15, 0.2) is 0 Å². The van der Waals surface area contributed by atoms with Gasteiger partial charge in [0.25, 0.3) is 0 Å². The lowest BCUT2D eigenvalue weighted by Gasteiger charge is -2.20. The van der Waals surface area contributed by atoms with Crippen LogP contribution in [-0.2, 0) is 22.2 Å². The van der Waals surface area contributed by atoms with E-state index in [9.17, 15) is 0 Å². The molecule has 0 unspecified atom stereocenters. The van der Waals surface area contributed by atoms with Crippen molar-refractivity contribution >= 4 is 8.32 Å². The first kappa shape index (κ1) is 18.7. The van der Waals surface area contributed by atoms with E-state index in [-0.39, 0.29) is 0 Å². The second-order valence-electron chi connectivity index (χ2n) is 6.58. The molecule has 0 amide bonds. The zero-order valence-corrected chi connectivity index (χ0v) is 15.4. The number of rotatable bonds is 11. The van der Waals surface area contributed by atoms with Crippen LogP contribution in [0.4, 0.5) is 0 Å². The van der Waals surface area contributed by atoms with E-state index in [1.54, 1.807) is 0 Å². The number of ether oxygens (including phenoxy) is 1. The van der Waals surface area contributed by atoms with Gasteiger partial charge in [-0.25, -0.2) is 0 Å². The second-order valence-corrected chi connectivity index (χ2v) is 11.0. The van der Waals surface area contributed by atoms with Crippen molar-refractivity contribution in [1.29, 1.82) is 0 Å². The van der Waals surface area contributed by atoms with Crippen LogP contribution in [0.2, 0.25) is 19.6 Å². The molecule has 122 valence electrons. The summed E-state index contributed by atoms with van der Waals surface area (Å²) in [6, 6.07) is 8.49. The zero-order chi connectivity index (χ0) is 16.4. The van der Waals surface area contributed by atoms with Crippen LogP contribution in [0.1, 0.15) is 30.4 Å². The van der Waals surface area contributed by atoms with Gasteiger partial charge in [0.05, 0.1) is 12.4 Å². The molecule has 0 N–H and O–H groups in total. The van der Waals surface area contributed by atoms with Crippen LogP contribution in [0, 0.1) is 0 Å². The number of benzene rings is 1. The molecule has 0 aliphatic heterocycles. The Morgan fingerprint density at radius 3 is 2.59 bits per heavy atom. The van der Waals surface area contributed by atoms with E-state index in [1.165, 1.54) is 11.1 Å². The van der Waals surface area contributed by atoms with Crippen LogP contribution in [0.5, 0.6) is 0 Å². The van der Waals surface area contributed by atoms with Gasteiger partial charge in [0.2, 0.25) is 8.32 Å². The lowest BCUT2D eigenvalue weighted by Crippen LogP contribution is -2.24. The highest BCUT2D eigenvalue weighted by atomic mass is 28.4. The van der Waals surface area contributed by atoms with Crippen molar-refractivity contribution < 1.29 is 9.16 Å². The molecular formula is C19H30O2Si. The van der Waals surface area contributed by atoms with Crippen molar-refractivity contribution in [1.82, 2.24) is 0 Å². The van der Waals surface area contributed by atoms with Gasteiger partial charge in [0.1, 0.15) is 0 Å². The fourth-order valence-corrected chi connectivity index (χ4v) is 3.18. The smallest absolute Gasteiger partial charge is 0.241 e. The average Bonchev–Trinajstić information content (AvgIpc) is 2.41. The van der Waals surface area contributed by atoms with E-state index in [4.69, 9.17) is 9.16 Å². The Bertz CT molecular complexity index is 475. The highest BCUT2D eigenvalue weighted by molar-refractivity contribution is 6.70. The van der Waals surface area contributed by atoms with Crippen molar-refractivity contribution in [3.63, 3.8) is 0 Å². The van der Waals surface area contributed by atoms with Crippen LogP contribution in [0.25, 0.3) is 0 Å². The van der Waals surface area contributed by atoms with Gasteiger partial charge in [-0.3, -0.25) is 0 Å². The molecule has 0 aliphatic rings. The Morgan fingerprint density at radius 2 is 1.91 bits per heavy atom. The first-order valence-corrected chi connectivity index (χ1v) is 11.4. The van der Waals surface area contributed by atoms with Crippen molar-refractivity contribution in [2.24, 2.45) is 0 Å². The third kappa shape index (κ3) is 8.85. The molecule has 0 spiro atoms. The Kier molecular flexibility index (Phi) is 8.21. The highest BCUT2D eigenvalue weighted by Crippen LogP contribution is 2.14. The summed E-state index contributed by atoms with van der Waals surface area (Å²) in [5.41, 5.74) is 2.52. The van der Waals surface area contributed by atoms with Crippen molar-refractivity contribution in [2.45, 2.75) is 51.9 Å². The maximum Gasteiger partial charge on any atom is 0.241 e. The van der Waals surface area contributed by atoms with Gasteiger partial charge in [0, 0.05) is 13.0 Å². The van der Waals surface area contributed by atoms with Crippen LogP contribution < -0.4 is 0 Å². The molecule has 0 aliphatic carbocycles. The molecule has 22 heavy (non-hydrogen) atoms. The lowest BCUT2D eigenvalue weighted by atomic mass is 10.1. The molecular weight excluding hydrogens is 288 g/mol. The van der Waals surface area contributed by atoms with E-state index in [1.807, 2.05) is 6.08 Å². The summed E-state index contributed by atoms with van der Waals surface area (Å²) in [5, 5.41) is 0. The number of hydrogen-bond donors (Lipinski definition) is 0. The summed E-state index contributed by atoms with van der Waals surface area (Å²) >= 11 is 0. The molecule has 3 heteroatoms. The minimum absolute atomic E-state index is 0.678. The Morgan fingerprint density at radius 1 is 1.18 bits per heavy atom. The van der Waals surface area contributed by atoms with E-state index < -0.39 is 8.32 Å². The van der Waals surface area contributed by atoms with Crippen LogP contribution in [-0.4, -0.2) is 14.9 Å². The minimum Gasteiger partial charge on any atom is -0.548 e. The van der Waals surface area contributed by atoms with Gasteiger partial charge in [-0.2, -0.15) is 0 Å². The van der Waals surface area contributed by atoms with Crippen LogP contribution in [0.3, 0.4) is 0 Å². The summed E-state index contributed by atoms with van der Waals surface area (Å²) in [7, 11) is -1.49. The molecule has 0 saturated heterocycles. The predicted molar refractivity (Wildman–Crippen MR) is 97.4 cm³/mol. The van der Waals surface area contributed by atoms with Gasteiger partial charge in [-0.05, 0) is 50.0 Å². The van der Waals surface area contributed by atoms with Crippen molar-refractivity contribution in [3.8, 4) is 0 Å². The van der Waals surface area contributed by atoms with Crippen LogP contribution in [0.15, 0.2) is 49.3 Å². The first-order valence-electron chi connectivity index (χ1n) is 8.04. The number of hydrogen-bond acceptors (Lipinski definition) is 2. The Hall–Kier alpha value is -1.32. The molecule has 0 atom stereocenters. The van der Waals surface area contributed by atoms with Gasteiger partial charge in [-0.1, -0.05) is 36.9 Å². The SMILES string of the molecule is C=CCc1cccc(COCCCCC(=C)O[Si](C)(C)C)c1. The Labute approximate surface area is 137 Å². The molecule has 1 rings (SSSR count). The predicted octanol–water partition coefficient (Wildman–Crippen LogP) is 5.47. The standard InChI is InChI=1S/C19H30O2Si/c1-6-10-18-12-9-13-19(15-18)16-20-14-8-7-11-17(2)21-22(3,4)5/h6,9,12-13,15H,1-2,7-8,10-11,14,16H2,3-5H3. The van der Waals surface area contributed by atoms with Crippen LogP contribution >= 0.6 is 0 Å². The maximum absolute atomic E-state index is 5.85.